The predicted molar refractivity (Wildman–Crippen MR) is 130 cm³/mol. The number of urea groups is 1. The van der Waals surface area contributed by atoms with Crippen molar-refractivity contribution in [2.45, 2.75) is 65.5 Å². The van der Waals surface area contributed by atoms with Gasteiger partial charge in [-0.3, -0.25) is 19.5 Å². The zero-order chi connectivity index (χ0) is 24.5. The summed E-state index contributed by atoms with van der Waals surface area (Å²) >= 11 is 1.43. The van der Waals surface area contributed by atoms with Crippen LogP contribution in [0.1, 0.15) is 65.6 Å². The number of imide groups is 1. The van der Waals surface area contributed by atoms with Crippen molar-refractivity contribution in [2.24, 2.45) is 11.8 Å². The Bertz CT molecular complexity index is 1060. The Morgan fingerprint density at radius 3 is 2.56 bits per heavy atom. The lowest BCUT2D eigenvalue weighted by Crippen LogP contribution is -2.56. The summed E-state index contributed by atoms with van der Waals surface area (Å²) in [6.45, 7) is 9.32. The van der Waals surface area contributed by atoms with Crippen molar-refractivity contribution in [2.75, 3.05) is 13.1 Å². The standard InChI is InChI=1S/C25H33N5O3S/c1-16(2)8-11-25(23(32)30(24(33)28-25)15-20-7-5-6-12-26-20)19-9-13-29(14-10-19)22(31)21-17(3)27-18(4)34-21/h5-7,12,16,19H,8-11,13-15H2,1-4H3,(H,28,33)/t25-/m0/s1. The maximum Gasteiger partial charge on any atom is 0.325 e. The van der Waals surface area contributed by atoms with Crippen LogP contribution in [-0.4, -0.2) is 56.2 Å². The molecular weight excluding hydrogens is 450 g/mol. The Balaban J connectivity index is 1.51. The zero-order valence-electron chi connectivity index (χ0n) is 20.3. The van der Waals surface area contributed by atoms with E-state index in [0.29, 0.717) is 48.8 Å². The van der Waals surface area contributed by atoms with Crippen molar-refractivity contribution in [1.82, 2.24) is 25.1 Å². The molecule has 1 N–H and O–H groups in total. The van der Waals surface area contributed by atoms with Gasteiger partial charge in [-0.15, -0.1) is 11.3 Å². The lowest BCUT2D eigenvalue weighted by Gasteiger charge is -2.41. The van der Waals surface area contributed by atoms with Crippen molar-refractivity contribution in [3.63, 3.8) is 0 Å². The Hall–Kier alpha value is -2.81. The van der Waals surface area contributed by atoms with Crippen LogP contribution in [0.5, 0.6) is 0 Å². The highest BCUT2D eigenvalue weighted by Gasteiger charge is 2.55. The topological polar surface area (TPSA) is 95.5 Å². The molecule has 0 spiro atoms. The van der Waals surface area contributed by atoms with E-state index in [2.05, 4.69) is 29.1 Å². The summed E-state index contributed by atoms with van der Waals surface area (Å²) in [4.78, 5) is 52.4. The number of aryl methyl sites for hydroxylation is 2. The average molecular weight is 484 g/mol. The maximum absolute atomic E-state index is 13.8. The quantitative estimate of drug-likeness (QED) is 0.602. The molecule has 0 aliphatic carbocycles. The molecule has 9 heteroatoms. The SMILES string of the molecule is Cc1nc(C)c(C(=O)N2CCC([C@]3(CCC(C)C)NC(=O)N(Cc4ccccn4)C3=O)CC2)s1. The molecule has 2 saturated heterocycles. The van der Waals surface area contributed by atoms with Gasteiger partial charge < -0.3 is 10.2 Å². The van der Waals surface area contributed by atoms with Gasteiger partial charge >= 0.3 is 6.03 Å². The highest BCUT2D eigenvalue weighted by Crippen LogP contribution is 2.38. The van der Waals surface area contributed by atoms with Crippen LogP contribution in [0, 0.1) is 25.7 Å². The minimum atomic E-state index is -0.928. The summed E-state index contributed by atoms with van der Waals surface area (Å²) in [6.07, 6.45) is 4.44. The number of carbonyl (C=O) groups is 3. The molecule has 2 aliphatic heterocycles. The normalized spacial score (nSPS) is 21.4. The van der Waals surface area contributed by atoms with Gasteiger partial charge in [0, 0.05) is 19.3 Å². The van der Waals surface area contributed by atoms with Crippen molar-refractivity contribution in [1.29, 1.82) is 0 Å². The van der Waals surface area contributed by atoms with E-state index in [4.69, 9.17) is 0 Å². The molecule has 0 saturated carbocycles. The number of amides is 4. The molecule has 2 fully saturated rings. The van der Waals surface area contributed by atoms with Crippen LogP contribution in [-0.2, 0) is 11.3 Å². The molecule has 0 aromatic carbocycles. The lowest BCUT2D eigenvalue weighted by atomic mass is 9.73. The second kappa shape index (κ2) is 9.82. The minimum Gasteiger partial charge on any atom is -0.338 e. The second-order valence-corrected chi connectivity index (χ2v) is 11.0. The number of thiazole rings is 1. The lowest BCUT2D eigenvalue weighted by molar-refractivity contribution is -0.134. The maximum atomic E-state index is 13.8. The number of hydrogen-bond donors (Lipinski definition) is 1. The summed E-state index contributed by atoms with van der Waals surface area (Å²) < 4.78 is 0. The fourth-order valence-electron chi connectivity index (χ4n) is 5.06. The molecule has 2 aromatic rings. The highest BCUT2D eigenvalue weighted by atomic mass is 32.1. The van der Waals surface area contributed by atoms with Gasteiger partial charge in [-0.2, -0.15) is 0 Å². The van der Waals surface area contributed by atoms with Gasteiger partial charge in [0.2, 0.25) is 0 Å². The summed E-state index contributed by atoms with van der Waals surface area (Å²) in [6, 6.07) is 5.13. The van der Waals surface area contributed by atoms with Crippen LogP contribution in [0.2, 0.25) is 0 Å². The van der Waals surface area contributed by atoms with Crippen molar-refractivity contribution in [3.05, 3.63) is 45.7 Å². The van der Waals surface area contributed by atoms with Crippen LogP contribution < -0.4 is 5.32 Å². The van der Waals surface area contributed by atoms with E-state index in [9.17, 15) is 14.4 Å². The molecule has 182 valence electrons. The van der Waals surface area contributed by atoms with E-state index in [-0.39, 0.29) is 30.3 Å². The van der Waals surface area contributed by atoms with E-state index in [0.717, 1.165) is 17.1 Å². The van der Waals surface area contributed by atoms with Gasteiger partial charge in [-0.25, -0.2) is 9.78 Å². The van der Waals surface area contributed by atoms with Gasteiger partial charge in [-0.1, -0.05) is 19.9 Å². The number of aromatic nitrogens is 2. The van der Waals surface area contributed by atoms with Gasteiger partial charge in [0.25, 0.3) is 11.8 Å². The van der Waals surface area contributed by atoms with Gasteiger partial charge in [0.15, 0.2) is 0 Å². The first kappa shape index (κ1) is 24.3. The molecule has 4 rings (SSSR count). The Labute approximate surface area is 204 Å². The number of likely N-dealkylation sites (tertiary alicyclic amines) is 1. The van der Waals surface area contributed by atoms with E-state index in [1.165, 1.54) is 16.2 Å². The fourth-order valence-corrected chi connectivity index (χ4v) is 5.95. The Morgan fingerprint density at radius 2 is 1.97 bits per heavy atom. The molecule has 34 heavy (non-hydrogen) atoms. The molecule has 4 heterocycles. The number of hydrogen-bond acceptors (Lipinski definition) is 6. The van der Waals surface area contributed by atoms with Crippen molar-refractivity contribution in [3.8, 4) is 0 Å². The summed E-state index contributed by atoms with van der Waals surface area (Å²) in [7, 11) is 0. The predicted octanol–water partition coefficient (Wildman–Crippen LogP) is 3.93. The molecule has 0 unspecified atom stereocenters. The first-order chi connectivity index (χ1) is 16.2. The molecule has 4 amide bonds. The summed E-state index contributed by atoms with van der Waals surface area (Å²) in [5, 5.41) is 3.98. The van der Waals surface area contributed by atoms with Crippen LogP contribution in [0.4, 0.5) is 4.79 Å². The third-order valence-electron chi connectivity index (χ3n) is 6.94. The second-order valence-electron chi connectivity index (χ2n) is 9.76. The molecule has 0 radical (unpaired) electrons. The van der Waals surface area contributed by atoms with Crippen LogP contribution in [0.3, 0.4) is 0 Å². The Morgan fingerprint density at radius 1 is 1.24 bits per heavy atom. The number of pyridine rings is 1. The first-order valence-corrected chi connectivity index (χ1v) is 12.8. The van der Waals surface area contributed by atoms with E-state index >= 15 is 0 Å². The van der Waals surface area contributed by atoms with E-state index in [1.54, 1.807) is 6.20 Å². The van der Waals surface area contributed by atoms with E-state index in [1.807, 2.05) is 36.9 Å². The number of rotatable bonds is 7. The summed E-state index contributed by atoms with van der Waals surface area (Å²) in [5.41, 5.74) is 0.523. The smallest absolute Gasteiger partial charge is 0.325 e. The monoisotopic (exact) mass is 483 g/mol. The number of piperidine rings is 1. The molecule has 0 bridgehead atoms. The van der Waals surface area contributed by atoms with E-state index < -0.39 is 5.54 Å². The molecule has 2 aliphatic rings. The van der Waals surface area contributed by atoms with Gasteiger partial charge in [0.1, 0.15) is 10.4 Å². The fraction of sp³-hybridized carbons (Fsp3) is 0.560. The molecule has 8 nitrogen and oxygen atoms in total. The summed E-state index contributed by atoms with van der Waals surface area (Å²) in [5.74, 6) is 0.231. The van der Waals surface area contributed by atoms with Crippen molar-refractivity contribution >= 4 is 29.2 Å². The minimum absolute atomic E-state index is 0.0105. The molecule has 1 atom stereocenters. The number of nitrogens with one attached hydrogen (secondary N) is 1. The van der Waals surface area contributed by atoms with Gasteiger partial charge in [0.05, 0.1) is 22.9 Å². The highest BCUT2D eigenvalue weighted by molar-refractivity contribution is 7.13. The zero-order valence-corrected chi connectivity index (χ0v) is 21.2. The number of carbonyl (C=O) groups excluding carboxylic acids is 3. The number of nitrogens with zero attached hydrogens (tertiary/aromatic N) is 4. The first-order valence-electron chi connectivity index (χ1n) is 12.0. The third-order valence-corrected chi connectivity index (χ3v) is 8.00. The van der Waals surface area contributed by atoms with Crippen LogP contribution in [0.25, 0.3) is 0 Å². The van der Waals surface area contributed by atoms with Crippen LogP contribution in [0.15, 0.2) is 24.4 Å². The average Bonchev–Trinajstić information content (AvgIpc) is 3.28. The molecule has 2 aromatic heterocycles. The third kappa shape index (κ3) is 4.71. The Kier molecular flexibility index (Phi) is 7.02. The van der Waals surface area contributed by atoms with Gasteiger partial charge in [-0.05, 0) is 63.5 Å². The van der Waals surface area contributed by atoms with Crippen molar-refractivity contribution < 1.29 is 14.4 Å². The van der Waals surface area contributed by atoms with Crippen LogP contribution >= 0.6 is 11.3 Å². The molecular formula is C25H33N5O3S. The largest absolute Gasteiger partial charge is 0.338 e.